The lowest BCUT2D eigenvalue weighted by molar-refractivity contribution is -0.135. The fourth-order valence-electron chi connectivity index (χ4n) is 3.97. The molecule has 1 fully saturated rings. The fraction of sp³-hybridized carbons (Fsp3) is 0.273. The molecule has 7 nitrogen and oxygen atoms in total. The highest BCUT2D eigenvalue weighted by molar-refractivity contribution is 7.13. The largest absolute Gasteiger partial charge is 0.496 e. The number of thiophene rings is 1. The summed E-state index contributed by atoms with van der Waals surface area (Å²) in [6.45, 7) is 2.28. The van der Waals surface area contributed by atoms with Crippen LogP contribution in [-0.2, 0) is 11.3 Å². The molecule has 0 spiro atoms. The average molecular weight is 423 g/mol. The van der Waals surface area contributed by atoms with Crippen LogP contribution >= 0.6 is 11.3 Å². The average Bonchev–Trinajstić information content (AvgIpc) is 3.50. The molecule has 2 aliphatic rings. The number of nitrogens with zero attached hydrogens (tertiary/aromatic N) is 3. The predicted molar refractivity (Wildman–Crippen MR) is 113 cm³/mol. The lowest BCUT2D eigenvalue weighted by atomic mass is 10.00. The zero-order valence-electron chi connectivity index (χ0n) is 16.7. The maximum absolute atomic E-state index is 13.2. The highest BCUT2D eigenvalue weighted by atomic mass is 32.1. The Balaban J connectivity index is 1.33. The van der Waals surface area contributed by atoms with Crippen LogP contribution < -0.4 is 10.2 Å². The van der Waals surface area contributed by atoms with Crippen LogP contribution in [0, 0.1) is 6.92 Å². The van der Waals surface area contributed by atoms with Crippen molar-refractivity contribution in [3.05, 3.63) is 71.2 Å². The number of hydrogen-bond donors (Lipinski definition) is 1. The first-order chi connectivity index (χ1) is 14.6. The van der Waals surface area contributed by atoms with Crippen molar-refractivity contribution in [2.45, 2.75) is 32.0 Å². The first-order valence-electron chi connectivity index (χ1n) is 9.80. The van der Waals surface area contributed by atoms with Gasteiger partial charge in [0.2, 0.25) is 5.89 Å². The Kier molecular flexibility index (Phi) is 4.80. The summed E-state index contributed by atoms with van der Waals surface area (Å²) >= 11 is 1.58. The standard InChI is InChI=1S/C22H22N4O3S/c1-14-17(23-21(29-14)20-8-5-11-30-20)13-25-9-10-26-18(22(25)27)12-16(24-26)15-6-3-4-7-19(15)28-2/h3-11,16,18,24H,12-13H2,1-2H3. The number of para-hydroxylation sites is 1. The summed E-state index contributed by atoms with van der Waals surface area (Å²) in [7, 11) is 1.67. The molecule has 30 heavy (non-hydrogen) atoms. The monoisotopic (exact) mass is 422 g/mol. The summed E-state index contributed by atoms with van der Waals surface area (Å²) in [4.78, 5) is 20.5. The summed E-state index contributed by atoms with van der Waals surface area (Å²) in [5.41, 5.74) is 5.25. The minimum Gasteiger partial charge on any atom is -0.496 e. The number of ether oxygens (including phenoxy) is 1. The van der Waals surface area contributed by atoms with Gasteiger partial charge in [0.15, 0.2) is 0 Å². The molecule has 1 N–H and O–H groups in total. The molecule has 1 amide bonds. The summed E-state index contributed by atoms with van der Waals surface area (Å²) in [6.07, 6.45) is 4.38. The Labute approximate surface area is 178 Å². The van der Waals surface area contributed by atoms with Gasteiger partial charge in [-0.05, 0) is 30.9 Å². The third kappa shape index (κ3) is 3.28. The number of carbonyl (C=O) groups excluding carboxylic acids is 1. The van der Waals surface area contributed by atoms with E-state index in [1.807, 2.05) is 59.9 Å². The Morgan fingerprint density at radius 1 is 1.27 bits per heavy atom. The van der Waals surface area contributed by atoms with E-state index in [1.165, 1.54) is 0 Å². The Hall–Kier alpha value is -3.10. The number of oxazole rings is 1. The topological polar surface area (TPSA) is 70.8 Å². The number of aryl methyl sites for hydroxylation is 1. The van der Waals surface area contributed by atoms with Crippen LogP contribution in [0.4, 0.5) is 0 Å². The molecule has 2 aromatic heterocycles. The van der Waals surface area contributed by atoms with E-state index in [4.69, 9.17) is 9.15 Å². The van der Waals surface area contributed by atoms with Crippen LogP contribution in [0.5, 0.6) is 5.75 Å². The van der Waals surface area contributed by atoms with Crippen LogP contribution in [0.1, 0.15) is 29.5 Å². The highest BCUT2D eigenvalue weighted by Crippen LogP contribution is 2.35. The van der Waals surface area contributed by atoms with Gasteiger partial charge in [0.25, 0.3) is 5.91 Å². The number of benzene rings is 1. The second-order valence-electron chi connectivity index (χ2n) is 7.35. The SMILES string of the molecule is COc1ccccc1C1CC2C(=O)N(Cc3nc(-c4cccs4)oc3C)C=CN2N1. The van der Waals surface area contributed by atoms with E-state index in [1.54, 1.807) is 29.5 Å². The molecule has 4 heterocycles. The van der Waals surface area contributed by atoms with Crippen LogP contribution in [-0.4, -0.2) is 34.0 Å². The molecule has 2 unspecified atom stereocenters. The summed E-state index contributed by atoms with van der Waals surface area (Å²) in [5, 5.41) is 3.88. The zero-order chi connectivity index (χ0) is 20.7. The Bertz CT molecular complexity index is 1090. The van der Waals surface area contributed by atoms with Crippen LogP contribution in [0.15, 0.2) is 58.6 Å². The van der Waals surface area contributed by atoms with Gasteiger partial charge in [0, 0.05) is 18.0 Å². The smallest absolute Gasteiger partial charge is 0.251 e. The lowest BCUT2D eigenvalue weighted by Crippen LogP contribution is -2.47. The van der Waals surface area contributed by atoms with E-state index in [2.05, 4.69) is 10.4 Å². The normalized spacial score (nSPS) is 20.7. The summed E-state index contributed by atoms with van der Waals surface area (Å²) in [6, 6.07) is 11.6. The number of methoxy groups -OCH3 is 1. The van der Waals surface area contributed by atoms with Gasteiger partial charge >= 0.3 is 0 Å². The molecule has 2 aliphatic heterocycles. The number of hydrogen-bond acceptors (Lipinski definition) is 7. The molecule has 0 radical (unpaired) electrons. The third-order valence-corrected chi connectivity index (χ3v) is 6.39. The molecule has 3 aromatic rings. The van der Waals surface area contributed by atoms with Crippen LogP contribution in [0.25, 0.3) is 10.8 Å². The van der Waals surface area contributed by atoms with Gasteiger partial charge < -0.3 is 19.1 Å². The van der Waals surface area contributed by atoms with Crippen molar-refractivity contribution >= 4 is 17.2 Å². The summed E-state index contributed by atoms with van der Waals surface area (Å²) in [5.74, 6) is 2.20. The van der Waals surface area contributed by atoms with E-state index >= 15 is 0 Å². The zero-order valence-corrected chi connectivity index (χ0v) is 17.6. The molecule has 1 saturated heterocycles. The molecule has 5 rings (SSSR count). The number of carbonyl (C=O) groups is 1. The third-order valence-electron chi connectivity index (χ3n) is 5.53. The van der Waals surface area contributed by atoms with Gasteiger partial charge in [-0.2, -0.15) is 0 Å². The first-order valence-corrected chi connectivity index (χ1v) is 10.7. The molecule has 1 aromatic carbocycles. The van der Waals surface area contributed by atoms with Gasteiger partial charge in [0.05, 0.1) is 24.6 Å². The van der Waals surface area contributed by atoms with Crippen molar-refractivity contribution in [1.82, 2.24) is 20.3 Å². The van der Waals surface area contributed by atoms with E-state index < -0.39 is 0 Å². The number of aromatic nitrogens is 1. The quantitative estimate of drug-likeness (QED) is 0.673. The van der Waals surface area contributed by atoms with Gasteiger partial charge in [0.1, 0.15) is 23.2 Å². The molecule has 154 valence electrons. The number of nitrogens with one attached hydrogen (secondary N) is 1. The van der Waals surface area contributed by atoms with Crippen molar-refractivity contribution < 1.29 is 13.9 Å². The van der Waals surface area contributed by atoms with Gasteiger partial charge in [-0.25, -0.2) is 10.4 Å². The van der Waals surface area contributed by atoms with Gasteiger partial charge in [-0.1, -0.05) is 24.3 Å². The number of fused-ring (bicyclic) bond motifs is 1. The molecule has 0 bridgehead atoms. The number of hydrazine groups is 1. The van der Waals surface area contributed by atoms with E-state index in [-0.39, 0.29) is 18.0 Å². The van der Waals surface area contributed by atoms with Crippen molar-refractivity contribution in [3.63, 3.8) is 0 Å². The van der Waals surface area contributed by atoms with Crippen molar-refractivity contribution in [2.75, 3.05) is 7.11 Å². The van der Waals surface area contributed by atoms with E-state index in [0.29, 0.717) is 18.9 Å². The molecular weight excluding hydrogens is 400 g/mol. The fourth-order valence-corrected chi connectivity index (χ4v) is 4.62. The van der Waals surface area contributed by atoms with Crippen LogP contribution in [0.2, 0.25) is 0 Å². The predicted octanol–water partition coefficient (Wildman–Crippen LogP) is 3.85. The van der Waals surface area contributed by atoms with Crippen LogP contribution in [0.3, 0.4) is 0 Å². The second kappa shape index (κ2) is 7.62. The molecule has 2 atom stereocenters. The summed E-state index contributed by atoms with van der Waals surface area (Å²) < 4.78 is 11.3. The van der Waals surface area contributed by atoms with Crippen molar-refractivity contribution in [2.24, 2.45) is 0 Å². The molecule has 0 aliphatic carbocycles. The van der Waals surface area contributed by atoms with E-state index in [9.17, 15) is 4.79 Å². The first kappa shape index (κ1) is 18.9. The maximum atomic E-state index is 13.2. The molecular formula is C22H22N4O3S. The molecule has 8 heteroatoms. The number of amides is 1. The Morgan fingerprint density at radius 3 is 2.93 bits per heavy atom. The molecule has 0 saturated carbocycles. The lowest BCUT2D eigenvalue weighted by Gasteiger charge is -2.31. The van der Waals surface area contributed by atoms with Gasteiger partial charge in [-0.3, -0.25) is 4.79 Å². The Morgan fingerprint density at radius 2 is 2.13 bits per heavy atom. The number of rotatable bonds is 5. The highest BCUT2D eigenvalue weighted by Gasteiger charge is 2.41. The van der Waals surface area contributed by atoms with Crippen molar-refractivity contribution in [3.8, 4) is 16.5 Å². The van der Waals surface area contributed by atoms with Crippen molar-refractivity contribution in [1.29, 1.82) is 0 Å². The minimum absolute atomic E-state index is 0.0129. The maximum Gasteiger partial charge on any atom is 0.251 e. The van der Waals surface area contributed by atoms with E-state index in [0.717, 1.165) is 27.6 Å². The van der Waals surface area contributed by atoms with Gasteiger partial charge in [-0.15, -0.1) is 11.3 Å². The second-order valence-corrected chi connectivity index (χ2v) is 8.29. The minimum atomic E-state index is -0.270.